The smallest absolute Gasteiger partial charge is 0.232 e. The van der Waals surface area contributed by atoms with E-state index in [0.29, 0.717) is 5.11 Å². The minimum absolute atomic E-state index is 0.117. The van der Waals surface area contributed by atoms with Gasteiger partial charge in [0, 0.05) is 0 Å². The third kappa shape index (κ3) is 4.19. The number of carbonyl (C=O) groups is 1. The minimum Gasteiger partial charge on any atom is -0.338 e. The topological polar surface area (TPSA) is 36.8 Å². The van der Waals surface area contributed by atoms with Crippen LogP contribution in [0.1, 0.15) is 44.1 Å². The maximum absolute atomic E-state index is 13.3. The molecule has 0 atom stereocenters. The number of benzene rings is 1. The molecule has 5 heteroatoms. The van der Waals surface area contributed by atoms with Crippen molar-refractivity contribution in [2.75, 3.05) is 32.7 Å². The second-order valence-corrected chi connectivity index (χ2v) is 10.6. The summed E-state index contributed by atoms with van der Waals surface area (Å²) in [5.41, 5.74) is 1.14. The van der Waals surface area contributed by atoms with Crippen molar-refractivity contribution >= 4 is 29.3 Å². The van der Waals surface area contributed by atoms with E-state index in [9.17, 15) is 4.79 Å². The van der Waals surface area contributed by atoms with Crippen molar-refractivity contribution in [3.8, 4) is 0 Å². The fourth-order valence-corrected chi connectivity index (χ4v) is 7.13. The van der Waals surface area contributed by atoms with Crippen LogP contribution in [0.3, 0.4) is 0 Å². The van der Waals surface area contributed by atoms with Crippen LogP contribution in [0.5, 0.6) is 0 Å². The molecule has 6 rings (SSSR count). The van der Waals surface area contributed by atoms with Gasteiger partial charge >= 0.3 is 0 Å². The van der Waals surface area contributed by atoms with Gasteiger partial charge in [-0.25, -0.2) is 0 Å². The monoisotopic (exact) mass is 424 g/mol. The Hall–Kier alpha value is -1.72. The summed E-state index contributed by atoms with van der Waals surface area (Å²) in [6.07, 6.45) is 11.8. The molecule has 1 aromatic rings. The molecule has 0 spiro atoms. The van der Waals surface area contributed by atoms with Crippen molar-refractivity contribution in [2.45, 2.75) is 38.5 Å². The van der Waals surface area contributed by atoms with Gasteiger partial charge in [-0.2, -0.15) is 0 Å². The summed E-state index contributed by atoms with van der Waals surface area (Å²) in [6.45, 7) is 5.01. The summed E-state index contributed by atoms with van der Waals surface area (Å²) >= 11 is 5.67. The van der Waals surface area contributed by atoms with E-state index in [1.807, 2.05) is 6.07 Å². The molecular weight excluding hydrogens is 390 g/mol. The van der Waals surface area contributed by atoms with Gasteiger partial charge in [0.25, 0.3) is 0 Å². The van der Waals surface area contributed by atoms with Crippen molar-refractivity contribution < 1.29 is 9.69 Å². The molecule has 4 nitrogen and oxygen atoms in total. The van der Waals surface area contributed by atoms with Crippen molar-refractivity contribution in [2.24, 2.45) is 23.2 Å². The van der Waals surface area contributed by atoms with Crippen molar-refractivity contribution in [1.29, 1.82) is 0 Å². The van der Waals surface area contributed by atoms with Crippen molar-refractivity contribution in [1.82, 2.24) is 10.2 Å². The number of thiocarbonyl (C=S) groups is 1. The van der Waals surface area contributed by atoms with Crippen LogP contribution in [0.15, 0.2) is 36.4 Å². The highest BCUT2D eigenvalue weighted by Crippen LogP contribution is 2.60. The van der Waals surface area contributed by atoms with E-state index < -0.39 is 0 Å². The van der Waals surface area contributed by atoms with E-state index in [2.05, 4.69) is 46.6 Å². The maximum atomic E-state index is 13.3. The fraction of sp³-hybridized carbons (Fsp3) is 0.600. The summed E-state index contributed by atoms with van der Waals surface area (Å²) in [7, 11) is 0. The molecule has 30 heavy (non-hydrogen) atoms. The van der Waals surface area contributed by atoms with E-state index in [4.69, 9.17) is 12.2 Å². The van der Waals surface area contributed by atoms with Crippen LogP contribution in [0.25, 0.3) is 6.08 Å². The Labute approximate surface area is 185 Å². The molecule has 5 fully saturated rings. The summed E-state index contributed by atoms with van der Waals surface area (Å²) in [5.74, 6) is 2.58. The first kappa shape index (κ1) is 20.2. The molecule has 5 aliphatic rings. The second-order valence-electron chi connectivity index (χ2n) is 10.2. The van der Waals surface area contributed by atoms with E-state index >= 15 is 0 Å². The lowest BCUT2D eigenvalue weighted by atomic mass is 9.49. The number of hydrogen-bond acceptors (Lipinski definition) is 2. The first-order valence-corrected chi connectivity index (χ1v) is 12.2. The van der Waals surface area contributed by atoms with Crippen LogP contribution in [0.2, 0.25) is 0 Å². The first-order chi connectivity index (χ1) is 14.6. The molecular formula is C25H34N3OS+. The zero-order chi connectivity index (χ0) is 20.6. The third-order valence-electron chi connectivity index (χ3n) is 8.01. The highest BCUT2D eigenvalue weighted by molar-refractivity contribution is 7.80. The Balaban J connectivity index is 1.10. The van der Waals surface area contributed by atoms with E-state index in [1.54, 1.807) is 4.90 Å². The molecule has 4 bridgehead atoms. The minimum atomic E-state index is -0.117. The molecule has 4 aliphatic carbocycles. The Morgan fingerprint density at radius 2 is 1.67 bits per heavy atom. The quantitative estimate of drug-likeness (QED) is 0.730. The number of piperazine rings is 1. The van der Waals surface area contributed by atoms with Gasteiger partial charge in [0.05, 0.1) is 38.1 Å². The van der Waals surface area contributed by atoms with Crippen LogP contribution in [0.4, 0.5) is 0 Å². The van der Waals surface area contributed by atoms with Crippen LogP contribution >= 0.6 is 12.2 Å². The van der Waals surface area contributed by atoms with Crippen molar-refractivity contribution in [3.05, 3.63) is 42.0 Å². The number of rotatable bonds is 4. The molecule has 4 saturated carbocycles. The molecule has 0 unspecified atom stereocenters. The predicted molar refractivity (Wildman–Crippen MR) is 124 cm³/mol. The van der Waals surface area contributed by atoms with Crippen molar-refractivity contribution in [3.63, 3.8) is 0 Å². The highest BCUT2D eigenvalue weighted by atomic mass is 32.1. The molecule has 1 aliphatic heterocycles. The number of carbonyl (C=O) groups excluding carboxylic acids is 1. The van der Waals surface area contributed by atoms with E-state index in [1.165, 1.54) is 24.8 Å². The second kappa shape index (κ2) is 8.43. The number of amides is 1. The number of nitrogens with one attached hydrogen (secondary N) is 2. The number of quaternary nitrogens is 1. The van der Waals surface area contributed by atoms with Gasteiger partial charge in [-0.1, -0.05) is 36.4 Å². The lowest BCUT2D eigenvalue weighted by molar-refractivity contribution is -0.897. The lowest BCUT2D eigenvalue weighted by Gasteiger charge is -2.55. The molecule has 1 heterocycles. The zero-order valence-corrected chi connectivity index (χ0v) is 18.6. The Kier molecular flexibility index (Phi) is 5.67. The Morgan fingerprint density at radius 1 is 1.07 bits per heavy atom. The van der Waals surface area contributed by atoms with Gasteiger partial charge in [-0.15, -0.1) is 0 Å². The number of nitrogens with zero attached hydrogens (tertiary/aromatic N) is 1. The van der Waals surface area contributed by atoms with Gasteiger partial charge in [0.2, 0.25) is 5.91 Å². The average Bonchev–Trinajstić information content (AvgIpc) is 2.74. The van der Waals surface area contributed by atoms with Gasteiger partial charge < -0.3 is 15.1 Å². The highest BCUT2D eigenvalue weighted by Gasteiger charge is 2.54. The summed E-state index contributed by atoms with van der Waals surface area (Å²) in [6, 6.07) is 10.5. The molecule has 1 saturated heterocycles. The summed E-state index contributed by atoms with van der Waals surface area (Å²) in [5, 5.41) is 3.84. The summed E-state index contributed by atoms with van der Waals surface area (Å²) in [4.78, 5) is 17.0. The summed E-state index contributed by atoms with van der Waals surface area (Å²) < 4.78 is 0. The van der Waals surface area contributed by atoms with Gasteiger partial charge in [0.15, 0.2) is 5.11 Å². The maximum Gasteiger partial charge on any atom is 0.232 e. The molecule has 0 aromatic heterocycles. The predicted octanol–water partition coefficient (Wildman–Crippen LogP) is 2.52. The van der Waals surface area contributed by atoms with E-state index in [0.717, 1.165) is 69.7 Å². The Morgan fingerprint density at radius 3 is 2.27 bits per heavy atom. The standard InChI is InChI=1S/C25H33N3OS/c29-23(25-16-20-13-21(17-25)15-22(14-20)18-25)26-24(30)28-11-9-27(10-12-28)8-4-7-19-5-2-1-3-6-19/h1-7,20-22H,8-18H2,(H,26,29,30)/p+1/b7-4+. The first-order valence-electron chi connectivity index (χ1n) is 11.8. The zero-order valence-electron chi connectivity index (χ0n) is 17.8. The van der Waals surface area contributed by atoms with Crippen LogP contribution in [0, 0.1) is 23.2 Å². The molecule has 0 radical (unpaired) electrons. The largest absolute Gasteiger partial charge is 0.338 e. The molecule has 1 amide bonds. The van der Waals surface area contributed by atoms with E-state index in [-0.39, 0.29) is 11.3 Å². The lowest BCUT2D eigenvalue weighted by Crippen LogP contribution is -3.14. The fourth-order valence-electron chi connectivity index (χ4n) is 6.85. The number of hydrogen-bond donors (Lipinski definition) is 2. The molecule has 2 N–H and O–H groups in total. The van der Waals surface area contributed by atoms with Crippen LogP contribution < -0.4 is 10.2 Å². The Bertz CT molecular complexity index is 778. The average molecular weight is 425 g/mol. The normalized spacial score (nSPS) is 33.2. The van der Waals surface area contributed by atoms with Gasteiger partial charge in [-0.3, -0.25) is 4.79 Å². The van der Waals surface area contributed by atoms with Crippen LogP contribution in [-0.4, -0.2) is 48.6 Å². The van der Waals surface area contributed by atoms with Gasteiger partial charge in [0.1, 0.15) is 0 Å². The molecule has 1 aromatic carbocycles. The SMILES string of the molecule is O=C(NC(=S)N1CC[NH+](C/C=C/c2ccccc2)CC1)C12CC3CC(CC(C3)C1)C2. The van der Waals surface area contributed by atoms with Gasteiger partial charge in [-0.05, 0) is 80.1 Å². The molecule has 160 valence electrons. The third-order valence-corrected chi connectivity index (χ3v) is 8.37. The van der Waals surface area contributed by atoms with Crippen LogP contribution in [-0.2, 0) is 4.79 Å².